The number of sulfonamides is 1. The Kier molecular flexibility index (Phi) is 6.04. The molecule has 1 aliphatic heterocycles. The van der Waals surface area contributed by atoms with Gasteiger partial charge in [-0.3, -0.25) is 4.79 Å². The molecule has 0 unspecified atom stereocenters. The summed E-state index contributed by atoms with van der Waals surface area (Å²) in [5, 5.41) is 4.59. The molecule has 3 aromatic carbocycles. The first-order chi connectivity index (χ1) is 14.8. The lowest BCUT2D eigenvalue weighted by Gasteiger charge is -2.31. The first-order valence-electron chi connectivity index (χ1n) is 10.2. The van der Waals surface area contributed by atoms with Gasteiger partial charge in [0.15, 0.2) is 6.54 Å². The van der Waals surface area contributed by atoms with Gasteiger partial charge in [-0.2, -0.15) is 4.31 Å². The molecule has 0 bridgehead atoms. The number of piperazine rings is 1. The van der Waals surface area contributed by atoms with Gasteiger partial charge in [0.05, 0.1) is 31.1 Å². The smallest absolute Gasteiger partial charge is 0.279 e. The van der Waals surface area contributed by atoms with Crippen LogP contribution in [-0.2, 0) is 14.8 Å². The molecule has 0 radical (unpaired) electrons. The molecule has 31 heavy (non-hydrogen) atoms. The van der Waals surface area contributed by atoms with E-state index in [2.05, 4.69) is 5.32 Å². The molecule has 1 amide bonds. The van der Waals surface area contributed by atoms with Crippen LogP contribution in [0, 0.1) is 12.7 Å². The maximum absolute atomic E-state index is 13.7. The molecule has 0 atom stereocenters. The molecule has 0 aliphatic carbocycles. The molecule has 2 N–H and O–H groups in total. The number of anilines is 1. The normalized spacial score (nSPS) is 15.8. The van der Waals surface area contributed by atoms with Crippen molar-refractivity contribution in [3.05, 3.63) is 72.0 Å². The molecule has 8 heteroatoms. The average molecular weight is 443 g/mol. The summed E-state index contributed by atoms with van der Waals surface area (Å²) in [4.78, 5) is 13.6. The number of hydrogen-bond donors (Lipinski definition) is 2. The lowest BCUT2D eigenvalue weighted by molar-refractivity contribution is -0.895. The highest BCUT2D eigenvalue weighted by Crippen LogP contribution is 2.22. The summed E-state index contributed by atoms with van der Waals surface area (Å²) in [7, 11) is -3.59. The highest BCUT2D eigenvalue weighted by molar-refractivity contribution is 7.89. The zero-order valence-corrected chi connectivity index (χ0v) is 18.1. The van der Waals surface area contributed by atoms with Crippen molar-refractivity contribution in [3.63, 3.8) is 0 Å². The van der Waals surface area contributed by atoms with Crippen LogP contribution in [0.25, 0.3) is 10.8 Å². The standard InChI is InChI=1S/C23H24FN3O3S/c1-17-6-8-20(15-22(17)24)25-23(28)16-26-10-12-27(13-11-26)31(29,30)21-9-7-18-4-2-3-5-19(18)14-21/h2-9,14-15H,10-13,16H2,1H3,(H,25,28)/p+1. The third kappa shape index (κ3) is 4.76. The zero-order valence-electron chi connectivity index (χ0n) is 17.3. The number of carbonyl (C=O) groups excluding carboxylic acids is 1. The van der Waals surface area contributed by atoms with Gasteiger partial charge in [0.25, 0.3) is 5.91 Å². The number of rotatable bonds is 5. The van der Waals surface area contributed by atoms with Gasteiger partial charge in [0.2, 0.25) is 10.0 Å². The van der Waals surface area contributed by atoms with Crippen LogP contribution in [-0.4, -0.2) is 51.4 Å². The lowest BCUT2D eigenvalue weighted by atomic mass is 10.1. The Morgan fingerprint density at radius 2 is 1.74 bits per heavy atom. The van der Waals surface area contributed by atoms with Crippen LogP contribution in [0.4, 0.5) is 10.1 Å². The number of hydrogen-bond acceptors (Lipinski definition) is 3. The fraction of sp³-hybridized carbons (Fsp3) is 0.261. The first-order valence-corrected chi connectivity index (χ1v) is 11.7. The number of nitrogens with one attached hydrogen (secondary N) is 2. The maximum atomic E-state index is 13.7. The Bertz CT molecular complexity index is 1220. The lowest BCUT2D eigenvalue weighted by Crippen LogP contribution is -3.15. The van der Waals surface area contributed by atoms with Gasteiger partial charge in [-0.05, 0) is 47.5 Å². The maximum Gasteiger partial charge on any atom is 0.279 e. The predicted molar refractivity (Wildman–Crippen MR) is 118 cm³/mol. The van der Waals surface area contributed by atoms with E-state index in [-0.39, 0.29) is 23.2 Å². The number of halogens is 1. The van der Waals surface area contributed by atoms with E-state index in [4.69, 9.17) is 0 Å². The largest absolute Gasteiger partial charge is 0.325 e. The minimum absolute atomic E-state index is 0.208. The van der Waals surface area contributed by atoms with Crippen molar-refractivity contribution in [1.29, 1.82) is 0 Å². The molecular formula is C23H25FN3O3S+. The SMILES string of the molecule is Cc1ccc(NC(=O)C[NH+]2CCN(S(=O)(=O)c3ccc4ccccc4c3)CC2)cc1F. The minimum Gasteiger partial charge on any atom is -0.325 e. The summed E-state index contributed by atoms with van der Waals surface area (Å²) < 4.78 is 41.3. The van der Waals surface area contributed by atoms with Gasteiger partial charge >= 0.3 is 0 Å². The molecule has 1 heterocycles. The highest BCUT2D eigenvalue weighted by atomic mass is 32.2. The van der Waals surface area contributed by atoms with E-state index in [9.17, 15) is 17.6 Å². The van der Waals surface area contributed by atoms with Crippen LogP contribution < -0.4 is 10.2 Å². The van der Waals surface area contributed by atoms with Gasteiger partial charge in [0.1, 0.15) is 5.82 Å². The number of aryl methyl sites for hydroxylation is 1. The Labute approximate surface area is 181 Å². The second kappa shape index (κ2) is 8.74. The van der Waals surface area contributed by atoms with Crippen LogP contribution in [0.3, 0.4) is 0 Å². The third-order valence-corrected chi connectivity index (χ3v) is 7.55. The van der Waals surface area contributed by atoms with E-state index in [1.165, 1.54) is 10.4 Å². The van der Waals surface area contributed by atoms with Gasteiger partial charge in [-0.15, -0.1) is 0 Å². The van der Waals surface area contributed by atoms with E-state index in [1.54, 1.807) is 31.2 Å². The molecule has 0 saturated carbocycles. The summed E-state index contributed by atoms with van der Waals surface area (Å²) in [6, 6.07) is 17.4. The van der Waals surface area contributed by atoms with Crippen molar-refractivity contribution in [3.8, 4) is 0 Å². The molecule has 1 aliphatic rings. The number of fused-ring (bicyclic) bond motifs is 1. The Balaban J connectivity index is 1.36. The van der Waals surface area contributed by atoms with Crippen molar-refractivity contribution in [1.82, 2.24) is 4.31 Å². The first kappa shape index (κ1) is 21.4. The van der Waals surface area contributed by atoms with E-state index < -0.39 is 10.0 Å². The van der Waals surface area contributed by atoms with Gasteiger partial charge in [0, 0.05) is 5.69 Å². The average Bonchev–Trinajstić information content (AvgIpc) is 2.76. The van der Waals surface area contributed by atoms with Gasteiger partial charge in [-0.1, -0.05) is 36.4 Å². The van der Waals surface area contributed by atoms with Crippen molar-refractivity contribution in [2.75, 3.05) is 38.0 Å². The van der Waals surface area contributed by atoms with Crippen molar-refractivity contribution in [2.24, 2.45) is 0 Å². The van der Waals surface area contributed by atoms with Crippen molar-refractivity contribution in [2.45, 2.75) is 11.8 Å². The van der Waals surface area contributed by atoms with E-state index in [1.807, 2.05) is 30.3 Å². The van der Waals surface area contributed by atoms with Crippen molar-refractivity contribution < 1.29 is 22.5 Å². The Hall–Kier alpha value is -2.81. The van der Waals surface area contributed by atoms with Crippen LogP contribution in [0.2, 0.25) is 0 Å². The van der Waals surface area contributed by atoms with E-state index >= 15 is 0 Å². The van der Waals surface area contributed by atoms with E-state index in [0.29, 0.717) is 37.4 Å². The molecule has 0 aromatic heterocycles. The fourth-order valence-corrected chi connectivity index (χ4v) is 5.28. The molecule has 4 rings (SSSR count). The quantitative estimate of drug-likeness (QED) is 0.633. The number of benzene rings is 3. The van der Waals surface area contributed by atoms with Gasteiger partial charge < -0.3 is 10.2 Å². The summed E-state index contributed by atoms with van der Waals surface area (Å²) in [6.45, 7) is 3.62. The minimum atomic E-state index is -3.59. The molecule has 162 valence electrons. The van der Waals surface area contributed by atoms with Gasteiger partial charge in [-0.25, -0.2) is 12.8 Å². The second-order valence-electron chi connectivity index (χ2n) is 7.85. The predicted octanol–water partition coefficient (Wildman–Crippen LogP) is 1.82. The number of amides is 1. The molecule has 1 fully saturated rings. The highest BCUT2D eigenvalue weighted by Gasteiger charge is 2.31. The molecular weight excluding hydrogens is 417 g/mol. The Morgan fingerprint density at radius 3 is 2.45 bits per heavy atom. The van der Waals surface area contributed by atoms with Crippen LogP contribution in [0.5, 0.6) is 0 Å². The Morgan fingerprint density at radius 1 is 1.03 bits per heavy atom. The number of nitrogens with zero attached hydrogens (tertiary/aromatic N) is 1. The topological polar surface area (TPSA) is 70.9 Å². The molecule has 6 nitrogen and oxygen atoms in total. The number of carbonyl (C=O) groups is 1. The van der Waals surface area contributed by atoms with E-state index in [0.717, 1.165) is 15.7 Å². The van der Waals surface area contributed by atoms with Crippen molar-refractivity contribution >= 4 is 32.4 Å². The summed E-state index contributed by atoms with van der Waals surface area (Å²) in [6.07, 6.45) is 0. The summed E-state index contributed by atoms with van der Waals surface area (Å²) in [5.41, 5.74) is 0.942. The zero-order chi connectivity index (χ0) is 22.0. The fourth-order valence-electron chi connectivity index (χ4n) is 3.80. The third-order valence-electron chi connectivity index (χ3n) is 5.65. The summed E-state index contributed by atoms with van der Waals surface area (Å²) >= 11 is 0. The summed E-state index contributed by atoms with van der Waals surface area (Å²) in [5.74, 6) is -0.582. The molecule has 1 saturated heterocycles. The van der Waals surface area contributed by atoms with Crippen LogP contribution in [0.1, 0.15) is 5.56 Å². The van der Waals surface area contributed by atoms with Crippen LogP contribution in [0.15, 0.2) is 65.6 Å². The monoisotopic (exact) mass is 442 g/mol. The number of quaternary nitrogens is 1. The second-order valence-corrected chi connectivity index (χ2v) is 9.79. The molecule has 0 spiro atoms. The van der Waals surface area contributed by atoms with Crippen LogP contribution >= 0.6 is 0 Å². The molecule has 3 aromatic rings.